The number of ether oxygens (including phenoxy) is 2. The number of phenols is 2. The van der Waals surface area contributed by atoms with Gasteiger partial charge < -0.3 is 44.5 Å². The predicted molar refractivity (Wildman–Crippen MR) is 106 cm³/mol. The van der Waals surface area contributed by atoms with Gasteiger partial charge in [-0.05, 0) is 24.3 Å². The molecule has 1 aliphatic rings. The average Bonchev–Trinajstić information content (AvgIpc) is 2.74. The molecule has 3 aromatic rings. The van der Waals surface area contributed by atoms with Crippen molar-refractivity contribution >= 4 is 11.0 Å². The number of benzene rings is 2. The molecule has 10 heteroatoms. The monoisotopic (exact) mass is 432 g/mol. The number of aliphatic hydroxyl groups excluding tert-OH is 4. The molecule has 1 saturated heterocycles. The van der Waals surface area contributed by atoms with Crippen molar-refractivity contribution in [1.29, 1.82) is 0 Å². The molecule has 1 aromatic heterocycles. The molecule has 2 aromatic carbocycles. The summed E-state index contributed by atoms with van der Waals surface area (Å²) in [5, 5.41) is 58.8. The Morgan fingerprint density at radius 2 is 1.65 bits per heavy atom. The summed E-state index contributed by atoms with van der Waals surface area (Å²) in [7, 11) is 0. The molecule has 0 aliphatic carbocycles. The van der Waals surface area contributed by atoms with E-state index in [0.29, 0.717) is 5.56 Å². The summed E-state index contributed by atoms with van der Waals surface area (Å²) in [6, 6.07) is 9.56. The summed E-state index contributed by atoms with van der Waals surface area (Å²) in [5.74, 6) is -0.273. The Morgan fingerprint density at radius 1 is 0.935 bits per heavy atom. The van der Waals surface area contributed by atoms with Crippen LogP contribution in [0.15, 0.2) is 51.7 Å². The van der Waals surface area contributed by atoms with Crippen LogP contribution in [0.3, 0.4) is 0 Å². The van der Waals surface area contributed by atoms with E-state index < -0.39 is 48.5 Å². The minimum Gasteiger partial charge on any atom is -0.508 e. The molecule has 1 fully saturated rings. The Hall–Kier alpha value is -3.15. The second kappa shape index (κ2) is 8.17. The van der Waals surface area contributed by atoms with E-state index in [4.69, 9.17) is 13.9 Å². The molecule has 0 saturated carbocycles. The Morgan fingerprint density at radius 3 is 2.32 bits per heavy atom. The fraction of sp³-hybridized carbons (Fsp3) is 0.286. The van der Waals surface area contributed by atoms with Gasteiger partial charge in [0.25, 0.3) is 0 Å². The highest BCUT2D eigenvalue weighted by Gasteiger charge is 2.44. The third-order valence-corrected chi connectivity index (χ3v) is 5.04. The van der Waals surface area contributed by atoms with Crippen LogP contribution >= 0.6 is 0 Å². The number of rotatable bonds is 4. The summed E-state index contributed by atoms with van der Waals surface area (Å²) in [6.45, 7) is -0.626. The van der Waals surface area contributed by atoms with Gasteiger partial charge in [-0.2, -0.15) is 0 Å². The average molecular weight is 432 g/mol. The van der Waals surface area contributed by atoms with Crippen LogP contribution in [0.5, 0.6) is 17.2 Å². The molecular weight excluding hydrogens is 412 g/mol. The normalized spacial score (nSPS) is 26.1. The number of fused-ring (bicyclic) bond motifs is 1. The van der Waals surface area contributed by atoms with Crippen LogP contribution in [0.1, 0.15) is 0 Å². The third kappa shape index (κ3) is 3.94. The lowest BCUT2D eigenvalue weighted by molar-refractivity contribution is -0.277. The first-order chi connectivity index (χ1) is 14.8. The maximum atomic E-state index is 12.5. The maximum absolute atomic E-state index is 12.5. The molecular formula is C21H20O10. The van der Waals surface area contributed by atoms with E-state index in [1.54, 1.807) is 12.1 Å². The molecule has 2 heterocycles. The highest BCUT2D eigenvalue weighted by Crippen LogP contribution is 2.33. The van der Waals surface area contributed by atoms with Gasteiger partial charge in [0.15, 0.2) is 5.43 Å². The lowest BCUT2D eigenvalue weighted by atomic mass is 9.99. The third-order valence-electron chi connectivity index (χ3n) is 5.04. The number of hydrogen-bond acceptors (Lipinski definition) is 10. The number of aliphatic hydroxyl groups is 4. The molecule has 10 nitrogen and oxygen atoms in total. The molecule has 0 bridgehead atoms. The van der Waals surface area contributed by atoms with Gasteiger partial charge in [-0.3, -0.25) is 4.79 Å². The van der Waals surface area contributed by atoms with Crippen LogP contribution in [0.2, 0.25) is 0 Å². The quantitative estimate of drug-likeness (QED) is 0.331. The zero-order valence-electron chi connectivity index (χ0n) is 16.0. The summed E-state index contributed by atoms with van der Waals surface area (Å²) in [5.41, 5.74) is -0.0204. The van der Waals surface area contributed by atoms with Gasteiger partial charge >= 0.3 is 0 Å². The van der Waals surface area contributed by atoms with Crippen LogP contribution < -0.4 is 10.2 Å². The van der Waals surface area contributed by atoms with E-state index in [-0.39, 0.29) is 28.2 Å². The van der Waals surface area contributed by atoms with E-state index in [2.05, 4.69) is 0 Å². The molecule has 0 amide bonds. The zero-order valence-corrected chi connectivity index (χ0v) is 16.0. The van der Waals surface area contributed by atoms with E-state index in [1.165, 1.54) is 24.3 Å². The second-order valence-corrected chi connectivity index (χ2v) is 7.15. The smallest absolute Gasteiger partial charge is 0.229 e. The maximum Gasteiger partial charge on any atom is 0.229 e. The summed E-state index contributed by atoms with van der Waals surface area (Å²) in [4.78, 5) is 12.5. The van der Waals surface area contributed by atoms with Crippen molar-refractivity contribution in [3.63, 3.8) is 0 Å². The van der Waals surface area contributed by atoms with Crippen molar-refractivity contribution < 1.29 is 44.5 Å². The Labute approximate surface area is 174 Å². The number of hydrogen-bond donors (Lipinski definition) is 6. The molecule has 5 atom stereocenters. The SMILES string of the molecule is O=c1cc(-c2ccc(O)cc2)oc2cc(O[C@@H]3O[C@H](CO)[C@@H](O)[C@@H](O)[C@@H]3O)cc(O)c12. The van der Waals surface area contributed by atoms with Crippen LogP contribution in [-0.4, -0.2) is 68.0 Å². The summed E-state index contributed by atoms with van der Waals surface area (Å²) >= 11 is 0. The first-order valence-corrected chi connectivity index (χ1v) is 9.36. The van der Waals surface area contributed by atoms with Crippen molar-refractivity contribution in [2.24, 2.45) is 0 Å². The van der Waals surface area contributed by atoms with Gasteiger partial charge in [0, 0.05) is 23.8 Å². The van der Waals surface area contributed by atoms with E-state index in [9.17, 15) is 35.4 Å². The Bertz CT molecular complexity index is 1140. The van der Waals surface area contributed by atoms with Crippen molar-refractivity contribution in [3.8, 4) is 28.6 Å². The van der Waals surface area contributed by atoms with Gasteiger partial charge in [-0.1, -0.05) is 0 Å². The van der Waals surface area contributed by atoms with Crippen molar-refractivity contribution in [2.45, 2.75) is 30.7 Å². The standard InChI is InChI=1S/C21H20O10/c22-8-16-18(26)19(27)20(28)21(31-16)29-11-5-12(24)17-13(25)7-14(30-15(17)6-11)9-1-3-10(23)4-2-9/h1-7,16,18-24,26-28H,8H2/t16-,18-,19-,20+,21-/m1/s1. The second-order valence-electron chi connectivity index (χ2n) is 7.15. The van der Waals surface area contributed by atoms with E-state index in [1.807, 2.05) is 0 Å². The first-order valence-electron chi connectivity index (χ1n) is 9.36. The highest BCUT2D eigenvalue weighted by molar-refractivity contribution is 5.86. The fourth-order valence-electron chi connectivity index (χ4n) is 3.38. The first kappa shape index (κ1) is 21.1. The predicted octanol–water partition coefficient (Wildman–Crippen LogP) is 0.0499. The van der Waals surface area contributed by atoms with Crippen LogP contribution in [0.25, 0.3) is 22.3 Å². The van der Waals surface area contributed by atoms with Gasteiger partial charge in [0.2, 0.25) is 6.29 Å². The van der Waals surface area contributed by atoms with Crippen molar-refractivity contribution in [1.82, 2.24) is 0 Å². The van der Waals surface area contributed by atoms with Gasteiger partial charge in [0.05, 0.1) is 6.61 Å². The van der Waals surface area contributed by atoms with Gasteiger partial charge in [-0.15, -0.1) is 0 Å². The molecule has 6 N–H and O–H groups in total. The molecule has 0 spiro atoms. The van der Waals surface area contributed by atoms with Gasteiger partial charge in [0.1, 0.15) is 58.4 Å². The minimum absolute atomic E-state index is 0.0184. The lowest BCUT2D eigenvalue weighted by Crippen LogP contribution is -2.60. The lowest BCUT2D eigenvalue weighted by Gasteiger charge is -2.39. The van der Waals surface area contributed by atoms with E-state index >= 15 is 0 Å². The molecule has 31 heavy (non-hydrogen) atoms. The molecule has 164 valence electrons. The molecule has 4 rings (SSSR count). The Balaban J connectivity index is 1.71. The van der Waals surface area contributed by atoms with Gasteiger partial charge in [-0.25, -0.2) is 0 Å². The molecule has 0 radical (unpaired) electrons. The van der Waals surface area contributed by atoms with E-state index in [0.717, 1.165) is 6.07 Å². The largest absolute Gasteiger partial charge is 0.508 e. The zero-order chi connectivity index (χ0) is 22.3. The number of phenolic OH excluding ortho intramolecular Hbond substituents is 2. The van der Waals surface area contributed by atoms with Crippen LogP contribution in [0, 0.1) is 0 Å². The summed E-state index contributed by atoms with van der Waals surface area (Å²) in [6.07, 6.45) is -7.47. The Kier molecular flexibility index (Phi) is 5.56. The van der Waals surface area contributed by atoms with Crippen molar-refractivity contribution in [3.05, 3.63) is 52.7 Å². The summed E-state index contributed by atoms with van der Waals surface area (Å²) < 4.78 is 16.5. The highest BCUT2D eigenvalue weighted by atomic mass is 16.7. The fourth-order valence-corrected chi connectivity index (χ4v) is 3.38. The number of aromatic hydroxyl groups is 2. The topological polar surface area (TPSA) is 170 Å². The minimum atomic E-state index is -1.65. The van der Waals surface area contributed by atoms with Crippen LogP contribution in [-0.2, 0) is 4.74 Å². The molecule has 1 aliphatic heterocycles. The van der Waals surface area contributed by atoms with Crippen molar-refractivity contribution in [2.75, 3.05) is 6.61 Å². The van der Waals surface area contributed by atoms with Crippen LogP contribution in [0.4, 0.5) is 0 Å². The molecule has 0 unspecified atom stereocenters.